The number of thiazole rings is 1. The molecule has 10 heteroatoms. The standard InChI is InChI=1S/C32H26I2N2O4S2/c1-4-15-40-29-23(33)16-19(17-24(29)34)18-25-30(37)36-28(21-11-13-22(41-3)14-12-21)26(31(38)39-5-2)27(35-32(36)42-25)20-9-7-6-8-10-20/h4,6-14,16-18,28H,1,5,15H2,2-3H3/b25-18-/t28-/m0/s1. The third kappa shape index (κ3) is 6.31. The summed E-state index contributed by atoms with van der Waals surface area (Å²) < 4.78 is 15.4. The molecule has 3 aromatic carbocycles. The minimum Gasteiger partial charge on any atom is -0.487 e. The average molecular weight is 821 g/mol. The molecular formula is C32H26I2N2O4S2. The van der Waals surface area contributed by atoms with Gasteiger partial charge in [-0.05, 0) is 99.8 Å². The first-order valence-electron chi connectivity index (χ1n) is 13.0. The lowest BCUT2D eigenvalue weighted by molar-refractivity contribution is -0.138. The molecule has 1 aliphatic rings. The zero-order valence-electron chi connectivity index (χ0n) is 22.8. The summed E-state index contributed by atoms with van der Waals surface area (Å²) in [5.74, 6) is 0.294. The van der Waals surface area contributed by atoms with Crippen LogP contribution in [0, 0.1) is 7.14 Å². The number of thioether (sulfide) groups is 1. The fourth-order valence-corrected chi connectivity index (χ4v) is 8.17. The number of nitrogens with zero attached hydrogens (tertiary/aromatic N) is 2. The third-order valence-electron chi connectivity index (χ3n) is 6.47. The predicted molar refractivity (Wildman–Crippen MR) is 187 cm³/mol. The highest BCUT2D eigenvalue weighted by molar-refractivity contribution is 14.1. The number of ether oxygens (including phenoxy) is 2. The number of hydrogen-bond acceptors (Lipinski definition) is 7. The number of carbonyl (C=O) groups is 1. The van der Waals surface area contributed by atoms with Crippen molar-refractivity contribution in [3.63, 3.8) is 0 Å². The molecule has 0 amide bonds. The van der Waals surface area contributed by atoms with Crippen molar-refractivity contribution in [3.05, 3.63) is 128 Å². The van der Waals surface area contributed by atoms with Crippen LogP contribution in [-0.4, -0.2) is 30.0 Å². The molecule has 0 saturated heterocycles. The van der Waals surface area contributed by atoms with Gasteiger partial charge in [0.1, 0.15) is 12.4 Å². The van der Waals surface area contributed by atoms with E-state index in [-0.39, 0.29) is 12.2 Å². The Morgan fingerprint density at radius 3 is 2.43 bits per heavy atom. The average Bonchev–Trinajstić information content (AvgIpc) is 3.30. The second-order valence-electron chi connectivity index (χ2n) is 9.12. The maximum Gasteiger partial charge on any atom is 0.338 e. The molecule has 0 aliphatic carbocycles. The van der Waals surface area contributed by atoms with Gasteiger partial charge in [-0.25, -0.2) is 9.79 Å². The van der Waals surface area contributed by atoms with Gasteiger partial charge < -0.3 is 9.47 Å². The highest BCUT2D eigenvalue weighted by Gasteiger charge is 2.35. The van der Waals surface area contributed by atoms with E-state index in [1.54, 1.807) is 29.3 Å². The van der Waals surface area contributed by atoms with Gasteiger partial charge in [0.05, 0.1) is 35.6 Å². The van der Waals surface area contributed by atoms with Crippen LogP contribution in [0.2, 0.25) is 0 Å². The summed E-state index contributed by atoms with van der Waals surface area (Å²) in [5, 5.41) is 0. The second kappa shape index (κ2) is 13.7. The van der Waals surface area contributed by atoms with Crippen molar-refractivity contribution < 1.29 is 14.3 Å². The van der Waals surface area contributed by atoms with Gasteiger partial charge in [-0.2, -0.15) is 0 Å². The fourth-order valence-electron chi connectivity index (χ4n) is 4.64. The van der Waals surface area contributed by atoms with E-state index < -0.39 is 12.0 Å². The van der Waals surface area contributed by atoms with Crippen molar-refractivity contribution in [2.75, 3.05) is 19.5 Å². The van der Waals surface area contributed by atoms with Crippen molar-refractivity contribution in [1.29, 1.82) is 0 Å². The molecule has 2 heterocycles. The smallest absolute Gasteiger partial charge is 0.338 e. The molecule has 0 saturated carbocycles. The molecule has 0 bridgehead atoms. The summed E-state index contributed by atoms with van der Waals surface area (Å²) in [5.41, 5.74) is 3.08. The second-order valence-corrected chi connectivity index (χ2v) is 13.3. The van der Waals surface area contributed by atoms with Gasteiger partial charge >= 0.3 is 5.97 Å². The van der Waals surface area contributed by atoms with Crippen LogP contribution < -0.4 is 19.6 Å². The summed E-state index contributed by atoms with van der Waals surface area (Å²) in [4.78, 5) is 34.3. The normalized spacial score (nSPS) is 14.8. The fraction of sp³-hybridized carbons (Fsp3) is 0.156. The summed E-state index contributed by atoms with van der Waals surface area (Å²) in [6.45, 7) is 6.11. The van der Waals surface area contributed by atoms with Crippen LogP contribution >= 0.6 is 68.3 Å². The van der Waals surface area contributed by atoms with Crippen LogP contribution in [0.15, 0.2) is 99.6 Å². The molecule has 214 valence electrons. The van der Waals surface area contributed by atoms with Crippen molar-refractivity contribution >= 4 is 86.0 Å². The number of hydrogen-bond donors (Lipinski definition) is 0. The highest BCUT2D eigenvalue weighted by Crippen LogP contribution is 2.36. The number of aromatic nitrogens is 1. The molecule has 6 nitrogen and oxygen atoms in total. The molecular weight excluding hydrogens is 794 g/mol. The molecule has 0 fully saturated rings. The van der Waals surface area contributed by atoms with Gasteiger partial charge in [-0.1, -0.05) is 66.5 Å². The van der Waals surface area contributed by atoms with Crippen molar-refractivity contribution in [2.45, 2.75) is 17.9 Å². The lowest BCUT2D eigenvalue weighted by Gasteiger charge is -2.26. The Balaban J connectivity index is 1.76. The maximum atomic E-state index is 14.1. The van der Waals surface area contributed by atoms with Crippen LogP contribution in [0.4, 0.5) is 0 Å². The molecule has 0 N–H and O–H groups in total. The lowest BCUT2D eigenvalue weighted by atomic mass is 9.93. The van der Waals surface area contributed by atoms with Gasteiger partial charge in [0.25, 0.3) is 5.56 Å². The van der Waals surface area contributed by atoms with E-state index in [9.17, 15) is 9.59 Å². The maximum absolute atomic E-state index is 14.1. The first-order valence-corrected chi connectivity index (χ1v) is 17.2. The molecule has 1 aliphatic heterocycles. The van der Waals surface area contributed by atoms with E-state index in [0.717, 1.165) is 34.5 Å². The minimum atomic E-state index is -0.705. The van der Waals surface area contributed by atoms with Crippen molar-refractivity contribution in [1.82, 2.24) is 4.57 Å². The van der Waals surface area contributed by atoms with Crippen molar-refractivity contribution in [3.8, 4) is 5.75 Å². The number of rotatable bonds is 9. The zero-order chi connectivity index (χ0) is 29.8. The van der Waals surface area contributed by atoms with Gasteiger partial charge in [0.15, 0.2) is 4.80 Å². The third-order valence-corrected chi connectivity index (χ3v) is 9.80. The minimum absolute atomic E-state index is 0.205. The van der Waals surface area contributed by atoms with E-state index in [0.29, 0.717) is 27.2 Å². The van der Waals surface area contributed by atoms with E-state index in [4.69, 9.17) is 14.5 Å². The molecule has 1 atom stereocenters. The van der Waals surface area contributed by atoms with Crippen LogP contribution in [0.5, 0.6) is 5.75 Å². The summed E-state index contributed by atoms with van der Waals surface area (Å²) in [6.07, 6.45) is 5.59. The monoisotopic (exact) mass is 820 g/mol. The first-order chi connectivity index (χ1) is 20.4. The summed E-state index contributed by atoms with van der Waals surface area (Å²) >= 11 is 7.42. The molecule has 0 unspecified atom stereocenters. The summed E-state index contributed by atoms with van der Waals surface area (Å²) in [7, 11) is 0. The van der Waals surface area contributed by atoms with Crippen LogP contribution in [0.3, 0.4) is 0 Å². The van der Waals surface area contributed by atoms with Crippen LogP contribution in [0.25, 0.3) is 11.8 Å². The molecule has 42 heavy (non-hydrogen) atoms. The lowest BCUT2D eigenvalue weighted by Crippen LogP contribution is -2.40. The molecule has 1 aromatic heterocycles. The van der Waals surface area contributed by atoms with Gasteiger partial charge in [0.2, 0.25) is 0 Å². The highest BCUT2D eigenvalue weighted by atomic mass is 127. The topological polar surface area (TPSA) is 69.9 Å². The number of benzene rings is 3. The number of fused-ring (bicyclic) bond motifs is 1. The Bertz CT molecular complexity index is 1840. The summed E-state index contributed by atoms with van der Waals surface area (Å²) in [6, 6.07) is 20.8. The Kier molecular flexibility index (Phi) is 10.1. The molecule has 5 rings (SSSR count). The van der Waals surface area contributed by atoms with Gasteiger partial charge in [-0.3, -0.25) is 9.36 Å². The van der Waals surface area contributed by atoms with Crippen LogP contribution in [-0.2, 0) is 9.53 Å². The quantitative estimate of drug-likeness (QED) is 0.0844. The number of halogens is 2. The predicted octanol–water partition coefficient (Wildman–Crippen LogP) is 6.43. The Hall–Kier alpha value is -2.68. The van der Waals surface area contributed by atoms with Crippen LogP contribution in [0.1, 0.15) is 29.7 Å². The number of esters is 1. The molecule has 0 spiro atoms. The Morgan fingerprint density at radius 2 is 1.81 bits per heavy atom. The van der Waals surface area contributed by atoms with E-state index in [2.05, 4.69) is 51.8 Å². The van der Waals surface area contributed by atoms with Gasteiger partial charge in [-0.15, -0.1) is 11.8 Å². The Morgan fingerprint density at radius 1 is 1.12 bits per heavy atom. The van der Waals surface area contributed by atoms with E-state index in [1.165, 1.54) is 11.3 Å². The Labute approximate surface area is 279 Å². The zero-order valence-corrected chi connectivity index (χ0v) is 28.8. The van der Waals surface area contributed by atoms with Gasteiger partial charge in [0, 0.05) is 10.5 Å². The molecule has 0 radical (unpaired) electrons. The van der Waals surface area contributed by atoms with E-state index >= 15 is 0 Å². The SMILES string of the molecule is C=CCOc1c(I)cc(/C=c2\sc3n(c2=O)[C@@H](c2ccc(SC)cc2)C(C(=O)OCC)=C(c2ccccc2)N=3)cc1I. The first kappa shape index (κ1) is 30.8. The van der Waals surface area contributed by atoms with E-state index in [1.807, 2.05) is 79.1 Å². The number of carbonyl (C=O) groups excluding carboxylic acids is 1. The van der Waals surface area contributed by atoms with Crippen molar-refractivity contribution in [2.24, 2.45) is 4.99 Å². The largest absolute Gasteiger partial charge is 0.487 e. The molecule has 4 aromatic rings.